The quantitative estimate of drug-likeness (QED) is 0.260. The van der Waals surface area contributed by atoms with Crippen LogP contribution in [-0.4, -0.2) is 49.7 Å². The summed E-state index contributed by atoms with van der Waals surface area (Å²) in [4.78, 5) is 14.6. The van der Waals surface area contributed by atoms with Gasteiger partial charge in [0.1, 0.15) is 11.8 Å². The molecule has 1 aromatic carbocycles. The fourth-order valence-corrected chi connectivity index (χ4v) is 2.71. The van der Waals surface area contributed by atoms with Gasteiger partial charge in [-0.05, 0) is 52.0 Å². The molecule has 0 fully saturated rings. The molecule has 2 amide bonds. The van der Waals surface area contributed by atoms with Crippen molar-refractivity contribution in [1.82, 2.24) is 4.90 Å². The summed E-state index contributed by atoms with van der Waals surface area (Å²) in [6.45, 7) is 9.80. The monoisotopic (exact) mass is 636 g/mol. The third kappa shape index (κ3) is 10.1. The number of amides is 2. The number of carbonyl (C=O) groups excluding carboxylic acids is 1. The van der Waals surface area contributed by atoms with Crippen molar-refractivity contribution in [1.29, 1.82) is 0 Å². The van der Waals surface area contributed by atoms with Gasteiger partial charge in [-0.3, -0.25) is 0 Å². The Kier molecular flexibility index (Phi) is 8.72. The van der Waals surface area contributed by atoms with Gasteiger partial charge in [0.15, 0.2) is 0 Å². The molecule has 0 bridgehead atoms. The molecule has 0 spiro atoms. The summed E-state index contributed by atoms with van der Waals surface area (Å²) < 4.78 is 13.0. The van der Waals surface area contributed by atoms with E-state index >= 15 is 0 Å². The van der Waals surface area contributed by atoms with Crippen LogP contribution in [0.4, 0.5) is 4.79 Å². The first-order valence-electron chi connectivity index (χ1n) is 8.64. The molecule has 5 nitrogen and oxygen atoms in total. The van der Waals surface area contributed by atoms with Crippen LogP contribution in [0.2, 0.25) is 0 Å². The van der Waals surface area contributed by atoms with Crippen molar-refractivity contribution in [2.75, 3.05) is 7.11 Å². The van der Waals surface area contributed by atoms with E-state index < -0.39 is 15.4 Å². The van der Waals surface area contributed by atoms with E-state index in [1.165, 1.54) is 0 Å². The molecule has 168 valence electrons. The van der Waals surface area contributed by atoms with Crippen molar-refractivity contribution in [2.24, 2.45) is 0 Å². The van der Waals surface area contributed by atoms with Crippen molar-refractivity contribution >= 4 is 74.0 Å². The molecule has 0 aliphatic carbocycles. The third-order valence-corrected chi connectivity index (χ3v) is 3.77. The van der Waals surface area contributed by atoms with Gasteiger partial charge in [0.25, 0.3) is 12.1 Å². The van der Waals surface area contributed by atoms with Crippen LogP contribution in [0.5, 0.6) is 5.75 Å². The Morgan fingerprint density at radius 2 is 1.48 bits per heavy atom. The van der Waals surface area contributed by atoms with Crippen LogP contribution in [0, 0.1) is 0 Å². The van der Waals surface area contributed by atoms with Crippen molar-refractivity contribution in [2.45, 2.75) is 52.9 Å². The number of hydrogen-bond donors (Lipinski definition) is 0. The summed E-state index contributed by atoms with van der Waals surface area (Å²) in [5.41, 5.74) is 0.936. The van der Waals surface area contributed by atoms with Crippen molar-refractivity contribution in [3.8, 4) is 5.75 Å². The molecular formula is C17H25Cl6N2O3Sb. The van der Waals surface area contributed by atoms with Crippen LogP contribution < -0.4 is 4.74 Å². The molecule has 29 heavy (non-hydrogen) atoms. The molecule has 1 atom stereocenters. The van der Waals surface area contributed by atoms with Gasteiger partial charge in [-0.2, -0.15) is 14.3 Å². The molecule has 1 heterocycles. The van der Waals surface area contributed by atoms with Crippen LogP contribution in [0.25, 0.3) is 0 Å². The van der Waals surface area contributed by atoms with Gasteiger partial charge in [0.05, 0.1) is 13.2 Å². The summed E-state index contributed by atoms with van der Waals surface area (Å²) >= 11 is 0. The van der Waals surface area contributed by atoms with E-state index in [9.17, 15) is 4.79 Å². The SMILES string of the molecule is COc1ccc(C2OC(C)=[N+](C(C)C)C(=O)N2C(C)C)cc1.[Cl][Sb-]([Cl])([Cl])([Cl])([Cl])[Cl]. The number of rotatable bonds is 4. The van der Waals surface area contributed by atoms with Gasteiger partial charge in [0.2, 0.25) is 0 Å². The topological polar surface area (TPSA) is 41.8 Å². The summed E-state index contributed by atoms with van der Waals surface area (Å²) in [6.07, 6.45) is -0.409. The molecule has 0 saturated heterocycles. The zero-order valence-electron chi connectivity index (χ0n) is 16.9. The zero-order valence-corrected chi connectivity index (χ0v) is 24.0. The third-order valence-electron chi connectivity index (χ3n) is 3.77. The van der Waals surface area contributed by atoms with Gasteiger partial charge < -0.3 is 9.47 Å². The number of halogens is 6. The summed E-state index contributed by atoms with van der Waals surface area (Å²) in [5, 5.41) is 0. The van der Waals surface area contributed by atoms with Crippen LogP contribution >= 0.6 is 53.0 Å². The Morgan fingerprint density at radius 3 is 1.83 bits per heavy atom. The maximum atomic E-state index is 12.9. The number of ether oxygens (including phenoxy) is 2. The predicted octanol–water partition coefficient (Wildman–Crippen LogP) is 7.15. The number of nitrogens with zero attached hydrogens (tertiary/aromatic N) is 2. The van der Waals surface area contributed by atoms with E-state index in [0.717, 1.165) is 11.3 Å². The van der Waals surface area contributed by atoms with Crippen molar-refractivity contribution < 1.29 is 18.8 Å². The Morgan fingerprint density at radius 1 is 1.03 bits per heavy atom. The molecule has 0 radical (unpaired) electrons. The van der Waals surface area contributed by atoms with Gasteiger partial charge in [0, 0.05) is 12.5 Å². The minimum atomic E-state index is -5.42. The fraction of sp³-hybridized carbons (Fsp3) is 0.529. The maximum absolute atomic E-state index is 12.9. The van der Waals surface area contributed by atoms with Crippen LogP contribution in [-0.2, 0) is 4.74 Å². The Balaban J connectivity index is 0.000000516. The molecule has 1 unspecified atom stereocenters. The average Bonchev–Trinajstić information content (AvgIpc) is 2.50. The first kappa shape index (κ1) is 27.6. The number of carbonyl (C=O) groups is 1. The molecule has 0 saturated carbocycles. The summed E-state index contributed by atoms with van der Waals surface area (Å²) in [7, 11) is 26.6. The molecule has 0 N–H and O–H groups in total. The first-order chi connectivity index (χ1) is 12.8. The van der Waals surface area contributed by atoms with Gasteiger partial charge in [-0.1, -0.05) is 0 Å². The van der Waals surface area contributed by atoms with Crippen LogP contribution in [0.3, 0.4) is 0 Å². The second-order valence-electron chi connectivity index (χ2n) is 6.97. The molecule has 1 aliphatic heterocycles. The zero-order chi connectivity index (χ0) is 22.8. The van der Waals surface area contributed by atoms with Crippen LogP contribution in [0.15, 0.2) is 24.3 Å². The second kappa shape index (κ2) is 9.17. The Bertz CT molecular complexity index is 765. The average molecular weight is 640 g/mol. The Labute approximate surface area is 191 Å². The molecule has 1 aliphatic rings. The van der Waals surface area contributed by atoms with E-state index in [4.69, 9.17) is 62.4 Å². The summed E-state index contributed by atoms with van der Waals surface area (Å²) in [5.74, 6) is 1.42. The normalized spacial score (nSPS) is 20.0. The van der Waals surface area contributed by atoms with Gasteiger partial charge in [-0.25, -0.2) is 0 Å². The van der Waals surface area contributed by atoms with E-state index in [0.29, 0.717) is 5.90 Å². The molecular weight excluding hydrogens is 615 g/mol. The van der Waals surface area contributed by atoms with Gasteiger partial charge in [-0.15, -0.1) is 0 Å². The van der Waals surface area contributed by atoms with E-state index in [1.54, 1.807) is 16.6 Å². The molecule has 0 aromatic heterocycles. The van der Waals surface area contributed by atoms with Crippen molar-refractivity contribution in [3.05, 3.63) is 29.8 Å². The summed E-state index contributed by atoms with van der Waals surface area (Å²) in [6, 6.07) is 7.71. The Hall–Kier alpha value is 0.518. The van der Waals surface area contributed by atoms with E-state index in [-0.39, 0.29) is 18.1 Å². The number of benzene rings is 1. The number of hydrogen-bond acceptors (Lipinski definition) is 3. The fourth-order valence-electron chi connectivity index (χ4n) is 2.71. The van der Waals surface area contributed by atoms with Crippen LogP contribution in [0.1, 0.15) is 46.4 Å². The number of methoxy groups -OCH3 is 1. The van der Waals surface area contributed by atoms with Gasteiger partial charge >= 0.3 is 68.1 Å². The van der Waals surface area contributed by atoms with E-state index in [2.05, 4.69) is 0 Å². The first-order valence-corrected chi connectivity index (χ1v) is 28.0. The minimum absolute atomic E-state index is 0.0189. The number of urea groups is 1. The predicted molar refractivity (Wildman–Crippen MR) is 126 cm³/mol. The molecule has 12 heteroatoms. The molecule has 1 aromatic rings. The van der Waals surface area contributed by atoms with Crippen molar-refractivity contribution in [3.63, 3.8) is 0 Å². The second-order valence-corrected chi connectivity index (χ2v) is 63.9. The van der Waals surface area contributed by atoms with E-state index in [1.807, 2.05) is 58.9 Å². The standard InChI is InChI=1S/C17H25N2O3.6ClH.Sb/c1-11(2)18-13(5)22-16(19(12(3)4)17(18)20)14-7-9-15(21-6)10-8-14;;;;;;;/h7-12,16H,1-6H3;6*1H;/q+1;;;;;;;+5/p-6. The molecule has 2 rings (SSSR count).